The molecule has 0 aliphatic rings. The molecule has 0 spiro atoms. The number of rotatable bonds is 4. The molecule has 0 saturated carbocycles. The number of hydrogen-bond acceptors (Lipinski definition) is 4. The zero-order valence-electron chi connectivity index (χ0n) is 7.83. The van der Waals surface area contributed by atoms with Gasteiger partial charge in [0, 0.05) is 6.54 Å². The largest absolute Gasteiger partial charge is 0.463 e. The van der Waals surface area contributed by atoms with E-state index in [9.17, 15) is 9.90 Å². The lowest BCUT2D eigenvalue weighted by molar-refractivity contribution is -0.152. The lowest BCUT2D eigenvalue weighted by Gasteiger charge is -2.20. The lowest BCUT2D eigenvalue weighted by atomic mass is 10.0. The third kappa shape index (κ3) is 5.09. The van der Waals surface area contributed by atoms with E-state index in [1.165, 1.54) is 6.92 Å². The van der Waals surface area contributed by atoms with E-state index in [1.807, 2.05) is 0 Å². The maximum atomic E-state index is 11.0. The van der Waals surface area contributed by atoms with Crippen LogP contribution in [0.15, 0.2) is 0 Å². The van der Waals surface area contributed by atoms with Crippen LogP contribution in [-0.4, -0.2) is 29.3 Å². The average Bonchev–Trinajstić information content (AvgIpc) is 1.84. The molecule has 3 N–H and O–H groups in total. The summed E-state index contributed by atoms with van der Waals surface area (Å²) in [6.45, 7) is 5.08. The molecule has 1 unspecified atom stereocenters. The van der Waals surface area contributed by atoms with Gasteiger partial charge in [-0.3, -0.25) is 4.79 Å². The van der Waals surface area contributed by atoms with Crippen LogP contribution in [0.2, 0.25) is 0 Å². The van der Waals surface area contributed by atoms with Gasteiger partial charge >= 0.3 is 5.97 Å². The van der Waals surface area contributed by atoms with Crippen molar-refractivity contribution in [3.05, 3.63) is 0 Å². The van der Waals surface area contributed by atoms with Gasteiger partial charge in [0.25, 0.3) is 0 Å². The van der Waals surface area contributed by atoms with E-state index < -0.39 is 11.6 Å². The van der Waals surface area contributed by atoms with Gasteiger partial charge in [0.1, 0.15) is 0 Å². The van der Waals surface area contributed by atoms with Crippen molar-refractivity contribution in [1.29, 1.82) is 0 Å². The minimum atomic E-state index is -1.15. The molecule has 0 saturated heterocycles. The smallest absolute Gasteiger partial charge is 0.309 e. The van der Waals surface area contributed by atoms with Crippen LogP contribution in [0.25, 0.3) is 0 Å². The minimum absolute atomic E-state index is 0.0539. The molecule has 0 heterocycles. The highest BCUT2D eigenvalue weighted by Crippen LogP contribution is 2.08. The molecule has 0 aromatic carbocycles. The van der Waals surface area contributed by atoms with Gasteiger partial charge in [-0.15, -0.1) is 0 Å². The summed E-state index contributed by atoms with van der Waals surface area (Å²) in [6, 6.07) is 0. The van der Waals surface area contributed by atoms with Gasteiger partial charge in [-0.1, -0.05) is 0 Å². The molecular weight excluding hydrogens is 158 g/mol. The second-order valence-electron chi connectivity index (χ2n) is 3.42. The highest BCUT2D eigenvalue weighted by Gasteiger charge is 2.23. The van der Waals surface area contributed by atoms with Crippen LogP contribution < -0.4 is 5.73 Å². The van der Waals surface area contributed by atoms with E-state index >= 15 is 0 Å². The summed E-state index contributed by atoms with van der Waals surface area (Å²) in [5, 5.41) is 9.38. The van der Waals surface area contributed by atoms with Crippen LogP contribution in [0.1, 0.15) is 27.2 Å². The molecule has 72 valence electrons. The summed E-state index contributed by atoms with van der Waals surface area (Å²) in [4.78, 5) is 11.0. The lowest BCUT2D eigenvalue weighted by Crippen LogP contribution is -2.37. The van der Waals surface area contributed by atoms with Crippen molar-refractivity contribution >= 4 is 5.97 Å². The molecule has 0 fully saturated rings. The van der Waals surface area contributed by atoms with Crippen molar-refractivity contribution in [2.45, 2.75) is 38.9 Å². The third-order valence-corrected chi connectivity index (χ3v) is 1.33. The van der Waals surface area contributed by atoms with E-state index in [0.29, 0.717) is 0 Å². The van der Waals surface area contributed by atoms with E-state index in [1.54, 1.807) is 13.8 Å². The fraction of sp³-hybridized carbons (Fsp3) is 0.875. The van der Waals surface area contributed by atoms with Gasteiger partial charge in [-0.25, -0.2) is 0 Å². The second-order valence-corrected chi connectivity index (χ2v) is 3.42. The molecule has 12 heavy (non-hydrogen) atoms. The maximum Gasteiger partial charge on any atom is 0.309 e. The van der Waals surface area contributed by atoms with Gasteiger partial charge in [0.15, 0.2) is 0 Å². The molecule has 4 nitrogen and oxygen atoms in total. The Hall–Kier alpha value is -0.610. The maximum absolute atomic E-state index is 11.0. The Balaban J connectivity index is 3.84. The van der Waals surface area contributed by atoms with Crippen molar-refractivity contribution in [3.63, 3.8) is 0 Å². The molecule has 1 atom stereocenters. The molecule has 0 radical (unpaired) electrons. The van der Waals surface area contributed by atoms with Crippen molar-refractivity contribution in [1.82, 2.24) is 0 Å². The van der Waals surface area contributed by atoms with Gasteiger partial charge in [0.2, 0.25) is 0 Å². The van der Waals surface area contributed by atoms with E-state index in [0.717, 1.165) is 0 Å². The Morgan fingerprint density at radius 2 is 2.17 bits per heavy atom. The third-order valence-electron chi connectivity index (χ3n) is 1.33. The molecule has 4 heteroatoms. The predicted octanol–water partition coefficient (Wildman–Crippen LogP) is 0.0378. The summed E-state index contributed by atoms with van der Waals surface area (Å²) in [7, 11) is 0. The van der Waals surface area contributed by atoms with Crippen LogP contribution in [0.5, 0.6) is 0 Å². The fourth-order valence-corrected chi connectivity index (χ4v) is 0.688. The van der Waals surface area contributed by atoms with Crippen LogP contribution in [0, 0.1) is 0 Å². The number of carbonyl (C=O) groups excluding carboxylic acids is 1. The molecule has 0 aliphatic carbocycles. The van der Waals surface area contributed by atoms with E-state index in [4.69, 9.17) is 10.5 Å². The van der Waals surface area contributed by atoms with Crippen molar-refractivity contribution in [2.24, 2.45) is 5.73 Å². The highest BCUT2D eigenvalue weighted by molar-refractivity contribution is 5.70. The number of hydrogen-bond donors (Lipinski definition) is 2. The van der Waals surface area contributed by atoms with Gasteiger partial charge in [-0.05, 0) is 20.8 Å². The number of esters is 1. The second kappa shape index (κ2) is 4.42. The molecular formula is C8H17NO3. The molecule has 0 aromatic rings. The zero-order valence-corrected chi connectivity index (χ0v) is 7.83. The Morgan fingerprint density at radius 1 is 1.67 bits per heavy atom. The summed E-state index contributed by atoms with van der Waals surface area (Å²) in [5.74, 6) is -0.416. The van der Waals surface area contributed by atoms with Crippen LogP contribution in [0.3, 0.4) is 0 Å². The number of aliphatic hydroxyl groups is 1. The number of nitrogens with two attached hydrogens (primary N) is 1. The normalized spacial score (nSPS) is 15.8. The summed E-state index contributed by atoms with van der Waals surface area (Å²) in [5.41, 5.74) is 4.08. The minimum Gasteiger partial charge on any atom is -0.463 e. The first-order valence-corrected chi connectivity index (χ1v) is 3.99. The Bertz CT molecular complexity index is 154. The fourth-order valence-electron chi connectivity index (χ4n) is 0.688. The summed E-state index contributed by atoms with van der Waals surface area (Å²) in [6.07, 6.45) is -0.201. The molecule has 0 amide bonds. The first kappa shape index (κ1) is 11.4. The van der Waals surface area contributed by atoms with Crippen molar-refractivity contribution < 1.29 is 14.6 Å². The van der Waals surface area contributed by atoms with Gasteiger partial charge in [0.05, 0.1) is 18.1 Å². The molecule has 0 bridgehead atoms. The predicted molar refractivity (Wildman–Crippen MR) is 45.5 cm³/mol. The summed E-state index contributed by atoms with van der Waals surface area (Å²) >= 11 is 0. The standard InChI is InChI=1S/C8H17NO3/c1-6(2)12-7(10)4-8(3,11)5-9/h6,11H,4-5,9H2,1-3H3. The van der Waals surface area contributed by atoms with Gasteiger partial charge in [-0.2, -0.15) is 0 Å². The van der Waals surface area contributed by atoms with Crippen LogP contribution in [-0.2, 0) is 9.53 Å². The highest BCUT2D eigenvalue weighted by atomic mass is 16.5. The van der Waals surface area contributed by atoms with Crippen LogP contribution >= 0.6 is 0 Å². The Kier molecular flexibility index (Phi) is 4.20. The van der Waals surface area contributed by atoms with Crippen LogP contribution in [0.4, 0.5) is 0 Å². The van der Waals surface area contributed by atoms with E-state index in [2.05, 4.69) is 0 Å². The quantitative estimate of drug-likeness (QED) is 0.592. The summed E-state index contributed by atoms with van der Waals surface area (Å²) < 4.78 is 4.83. The molecule has 0 aromatic heterocycles. The Labute approximate surface area is 72.7 Å². The van der Waals surface area contributed by atoms with Gasteiger partial charge < -0.3 is 15.6 Å². The first-order valence-electron chi connectivity index (χ1n) is 3.99. The van der Waals surface area contributed by atoms with Crippen molar-refractivity contribution in [3.8, 4) is 0 Å². The molecule has 0 rings (SSSR count). The Morgan fingerprint density at radius 3 is 2.50 bits per heavy atom. The number of carbonyl (C=O) groups is 1. The first-order chi connectivity index (χ1) is 5.37. The SMILES string of the molecule is CC(C)OC(=O)CC(C)(O)CN. The van der Waals surface area contributed by atoms with Crippen molar-refractivity contribution in [2.75, 3.05) is 6.54 Å². The number of ether oxygens (including phenoxy) is 1. The topological polar surface area (TPSA) is 72.5 Å². The molecule has 0 aliphatic heterocycles. The zero-order chi connectivity index (χ0) is 9.78. The monoisotopic (exact) mass is 175 g/mol. The van der Waals surface area contributed by atoms with E-state index in [-0.39, 0.29) is 19.1 Å². The average molecular weight is 175 g/mol.